The number of H-pyrrole nitrogens is 1. The zero-order chi connectivity index (χ0) is 22.8. The highest BCUT2D eigenvalue weighted by Crippen LogP contribution is 2.35. The summed E-state index contributed by atoms with van der Waals surface area (Å²) in [5, 5.41) is 5.79. The number of benzene rings is 1. The van der Waals surface area contributed by atoms with Crippen LogP contribution in [0.1, 0.15) is 63.9 Å². The Hall–Kier alpha value is -2.71. The summed E-state index contributed by atoms with van der Waals surface area (Å²) in [4.78, 5) is 43.3. The lowest BCUT2D eigenvalue weighted by Crippen LogP contribution is -2.29. The van der Waals surface area contributed by atoms with Crippen molar-refractivity contribution in [1.29, 1.82) is 0 Å². The predicted octanol–water partition coefficient (Wildman–Crippen LogP) is 4.00. The van der Waals surface area contributed by atoms with Gasteiger partial charge in [-0.2, -0.15) is 0 Å². The van der Waals surface area contributed by atoms with Crippen LogP contribution in [-0.2, 0) is 4.79 Å². The Morgan fingerprint density at radius 2 is 2.00 bits per heavy atom. The third-order valence-electron chi connectivity index (χ3n) is 6.05. The summed E-state index contributed by atoms with van der Waals surface area (Å²) < 4.78 is 0.849. The van der Waals surface area contributed by atoms with Crippen molar-refractivity contribution in [1.82, 2.24) is 15.2 Å². The molecule has 4 rings (SSSR count). The third-order valence-corrected chi connectivity index (χ3v) is 6.54. The molecule has 3 heterocycles. The minimum absolute atomic E-state index is 0.161. The average molecular weight is 499 g/mol. The number of ketones is 1. The number of fused-ring (bicyclic) bond motifs is 1. The van der Waals surface area contributed by atoms with Crippen LogP contribution < -0.4 is 10.6 Å². The van der Waals surface area contributed by atoms with Gasteiger partial charge in [-0.1, -0.05) is 15.9 Å². The molecule has 2 aliphatic heterocycles. The number of carbonyl (C=O) groups excluding carboxylic acids is 3. The molecule has 0 atom stereocenters. The van der Waals surface area contributed by atoms with Crippen molar-refractivity contribution in [3.05, 3.63) is 50.8 Å². The standard InChI is InChI=1S/C24H27BrN4O3/c1-14-21(15(2)30)20(13-18-17-12-16(25)6-7-19(17)28-23(18)31)27-22(14)24(32)26-8-5-11-29-9-3-4-10-29/h6-7,12-13,27H,3-5,8-11H2,1-2H3,(H,26,32)(H,28,31). The molecule has 0 radical (unpaired) electrons. The predicted molar refractivity (Wildman–Crippen MR) is 129 cm³/mol. The van der Waals surface area contributed by atoms with E-state index in [2.05, 4.69) is 36.4 Å². The molecule has 1 aromatic carbocycles. The average Bonchev–Trinajstić information content (AvgIpc) is 3.44. The summed E-state index contributed by atoms with van der Waals surface area (Å²) in [5.41, 5.74) is 3.76. The third kappa shape index (κ3) is 4.56. The van der Waals surface area contributed by atoms with Crippen LogP contribution in [0.3, 0.4) is 0 Å². The van der Waals surface area contributed by atoms with Gasteiger partial charge in [0.25, 0.3) is 11.8 Å². The van der Waals surface area contributed by atoms with E-state index in [9.17, 15) is 14.4 Å². The van der Waals surface area contributed by atoms with Crippen LogP contribution in [0.15, 0.2) is 22.7 Å². The van der Waals surface area contributed by atoms with E-state index in [4.69, 9.17) is 0 Å². The fourth-order valence-electron chi connectivity index (χ4n) is 4.45. The lowest BCUT2D eigenvalue weighted by molar-refractivity contribution is -0.110. The molecule has 8 heteroatoms. The molecule has 1 aromatic heterocycles. The van der Waals surface area contributed by atoms with Crippen molar-refractivity contribution in [3.63, 3.8) is 0 Å². The number of hydrogen-bond acceptors (Lipinski definition) is 4. The van der Waals surface area contributed by atoms with Gasteiger partial charge < -0.3 is 20.5 Å². The van der Waals surface area contributed by atoms with E-state index in [1.807, 2.05) is 18.2 Å². The van der Waals surface area contributed by atoms with Gasteiger partial charge in [-0.3, -0.25) is 14.4 Å². The highest BCUT2D eigenvalue weighted by atomic mass is 79.9. The monoisotopic (exact) mass is 498 g/mol. The highest BCUT2D eigenvalue weighted by Gasteiger charge is 2.27. The molecule has 1 fully saturated rings. The second-order valence-corrected chi connectivity index (χ2v) is 9.25. The maximum absolute atomic E-state index is 12.8. The van der Waals surface area contributed by atoms with Crippen LogP contribution in [0.2, 0.25) is 0 Å². The van der Waals surface area contributed by atoms with Crippen molar-refractivity contribution in [2.45, 2.75) is 33.1 Å². The number of nitrogens with zero attached hydrogens (tertiary/aromatic N) is 1. The Balaban J connectivity index is 1.56. The van der Waals surface area contributed by atoms with Gasteiger partial charge in [-0.25, -0.2) is 0 Å². The number of amides is 2. The summed E-state index contributed by atoms with van der Waals surface area (Å²) in [6.07, 6.45) is 5.04. The Labute approximate surface area is 195 Å². The SMILES string of the molecule is CC(=O)c1c(C=C2C(=O)Nc3ccc(Br)cc32)[nH]c(C(=O)NCCCN2CCCC2)c1C. The van der Waals surface area contributed by atoms with E-state index in [1.54, 1.807) is 13.0 Å². The highest BCUT2D eigenvalue weighted by molar-refractivity contribution is 9.10. The second-order valence-electron chi connectivity index (χ2n) is 8.33. The fraction of sp³-hybridized carbons (Fsp3) is 0.375. The molecular formula is C24H27BrN4O3. The number of aromatic amines is 1. The number of carbonyl (C=O) groups is 3. The fourth-order valence-corrected chi connectivity index (χ4v) is 4.82. The van der Waals surface area contributed by atoms with Crippen LogP contribution in [0.5, 0.6) is 0 Å². The Kier molecular flexibility index (Phi) is 6.62. The van der Waals surface area contributed by atoms with Crippen LogP contribution in [0.4, 0.5) is 5.69 Å². The second kappa shape index (κ2) is 9.42. The van der Waals surface area contributed by atoms with Gasteiger partial charge in [0.1, 0.15) is 5.69 Å². The number of rotatable bonds is 7. The first-order valence-corrected chi connectivity index (χ1v) is 11.7. The van der Waals surface area contributed by atoms with E-state index in [0.29, 0.717) is 40.3 Å². The first-order valence-electron chi connectivity index (χ1n) is 10.9. The minimum atomic E-state index is -0.243. The van der Waals surface area contributed by atoms with Crippen molar-refractivity contribution >= 4 is 50.9 Å². The Bertz CT molecular complexity index is 1110. The number of hydrogen-bond donors (Lipinski definition) is 3. The molecule has 0 unspecified atom stereocenters. The largest absolute Gasteiger partial charge is 0.351 e. The van der Waals surface area contributed by atoms with Gasteiger partial charge in [-0.05, 0) is 82.6 Å². The normalized spacial score (nSPS) is 17.0. The lowest BCUT2D eigenvalue weighted by Gasteiger charge is -2.14. The summed E-state index contributed by atoms with van der Waals surface area (Å²) in [6, 6.07) is 5.54. The Morgan fingerprint density at radius 1 is 1.25 bits per heavy atom. The summed E-state index contributed by atoms with van der Waals surface area (Å²) in [6.45, 7) is 7.05. The van der Waals surface area contributed by atoms with Gasteiger partial charge in [0.05, 0.1) is 11.3 Å². The van der Waals surface area contributed by atoms with E-state index < -0.39 is 0 Å². The van der Waals surface area contributed by atoms with Crippen LogP contribution >= 0.6 is 15.9 Å². The van der Waals surface area contributed by atoms with Crippen LogP contribution in [0.25, 0.3) is 11.6 Å². The zero-order valence-electron chi connectivity index (χ0n) is 18.3. The molecule has 2 amide bonds. The molecule has 0 bridgehead atoms. The number of nitrogens with one attached hydrogen (secondary N) is 3. The van der Waals surface area contributed by atoms with Gasteiger partial charge in [0.2, 0.25) is 0 Å². The maximum Gasteiger partial charge on any atom is 0.268 e. The van der Waals surface area contributed by atoms with Crippen molar-refractivity contribution < 1.29 is 14.4 Å². The van der Waals surface area contributed by atoms with Gasteiger partial charge in [-0.15, -0.1) is 0 Å². The van der Waals surface area contributed by atoms with E-state index in [1.165, 1.54) is 19.8 Å². The minimum Gasteiger partial charge on any atom is -0.351 e. The maximum atomic E-state index is 12.8. The molecule has 0 saturated carbocycles. The number of aromatic nitrogens is 1. The molecule has 2 aliphatic rings. The molecule has 1 saturated heterocycles. The number of likely N-dealkylation sites (tertiary alicyclic amines) is 1. The van der Waals surface area contributed by atoms with Crippen molar-refractivity contribution in [2.24, 2.45) is 0 Å². The van der Waals surface area contributed by atoms with E-state index in [0.717, 1.165) is 36.1 Å². The lowest BCUT2D eigenvalue weighted by atomic mass is 10.0. The Morgan fingerprint density at radius 3 is 2.72 bits per heavy atom. The summed E-state index contributed by atoms with van der Waals surface area (Å²) >= 11 is 3.44. The molecule has 2 aromatic rings. The molecule has 0 spiro atoms. The number of halogens is 1. The van der Waals surface area contributed by atoms with E-state index in [-0.39, 0.29) is 17.6 Å². The first-order chi connectivity index (χ1) is 15.3. The number of anilines is 1. The summed E-state index contributed by atoms with van der Waals surface area (Å²) in [5.74, 6) is -0.644. The van der Waals surface area contributed by atoms with Crippen LogP contribution in [-0.4, -0.2) is 53.7 Å². The molecule has 3 N–H and O–H groups in total. The topological polar surface area (TPSA) is 94.3 Å². The quantitative estimate of drug-likeness (QED) is 0.305. The van der Waals surface area contributed by atoms with Crippen LogP contribution in [0, 0.1) is 6.92 Å². The van der Waals surface area contributed by atoms with Gasteiger partial charge in [0.15, 0.2) is 5.78 Å². The van der Waals surface area contributed by atoms with E-state index >= 15 is 0 Å². The molecule has 32 heavy (non-hydrogen) atoms. The van der Waals surface area contributed by atoms with Gasteiger partial charge in [0, 0.05) is 27.8 Å². The van der Waals surface area contributed by atoms with Gasteiger partial charge >= 0.3 is 0 Å². The summed E-state index contributed by atoms with van der Waals surface area (Å²) in [7, 11) is 0. The number of Topliss-reactive ketones (excluding diaryl/α,β-unsaturated/α-hetero) is 1. The zero-order valence-corrected chi connectivity index (χ0v) is 19.9. The smallest absolute Gasteiger partial charge is 0.268 e. The molecular weight excluding hydrogens is 472 g/mol. The molecule has 168 valence electrons. The molecule has 0 aliphatic carbocycles. The van der Waals surface area contributed by atoms with Crippen molar-refractivity contribution in [3.8, 4) is 0 Å². The molecule has 7 nitrogen and oxygen atoms in total. The van der Waals surface area contributed by atoms with Crippen molar-refractivity contribution in [2.75, 3.05) is 31.5 Å². The first kappa shape index (κ1) is 22.5.